The van der Waals surface area contributed by atoms with Gasteiger partial charge in [-0.1, -0.05) is 23.9 Å². The number of benzene rings is 1. The summed E-state index contributed by atoms with van der Waals surface area (Å²) >= 11 is 3.26. The van der Waals surface area contributed by atoms with E-state index in [1.807, 2.05) is 35.8 Å². The molecule has 0 N–H and O–H groups in total. The van der Waals surface area contributed by atoms with Crippen molar-refractivity contribution in [1.29, 1.82) is 0 Å². The maximum absolute atomic E-state index is 12.7. The van der Waals surface area contributed by atoms with E-state index in [4.69, 9.17) is 4.98 Å². The summed E-state index contributed by atoms with van der Waals surface area (Å²) in [5.74, 6) is 0.752. The fourth-order valence-corrected chi connectivity index (χ4v) is 4.17. The Kier molecular flexibility index (Phi) is 3.50. The first-order valence-electron chi connectivity index (χ1n) is 7.27. The molecule has 0 aliphatic heterocycles. The molecule has 3 aromatic rings. The first-order chi connectivity index (χ1) is 10.7. The summed E-state index contributed by atoms with van der Waals surface area (Å²) in [6, 6.07) is 7.92. The molecule has 0 spiro atoms. The van der Waals surface area contributed by atoms with Crippen molar-refractivity contribution in [2.24, 2.45) is 0 Å². The maximum atomic E-state index is 12.7. The minimum absolute atomic E-state index is 0.0880. The van der Waals surface area contributed by atoms with Gasteiger partial charge in [0.15, 0.2) is 5.16 Å². The Morgan fingerprint density at radius 1 is 1.32 bits per heavy atom. The number of para-hydroxylation sites is 1. The van der Waals surface area contributed by atoms with Crippen LogP contribution >= 0.6 is 23.1 Å². The lowest BCUT2D eigenvalue weighted by Crippen LogP contribution is -2.22. The summed E-state index contributed by atoms with van der Waals surface area (Å²) < 4.78 is 1.88. The molecular weight excluding hydrogens is 314 g/mol. The molecule has 0 amide bonds. The van der Waals surface area contributed by atoms with Gasteiger partial charge in [0.2, 0.25) is 0 Å². The van der Waals surface area contributed by atoms with Crippen LogP contribution in [0, 0.1) is 6.92 Å². The largest absolute Gasteiger partial charge is 0.284 e. The number of aryl methyl sites for hydroxylation is 1. The molecule has 2 heterocycles. The molecule has 1 aliphatic rings. The highest BCUT2D eigenvalue weighted by Crippen LogP contribution is 2.37. The quantitative estimate of drug-likeness (QED) is 0.540. The van der Waals surface area contributed by atoms with Gasteiger partial charge in [-0.05, 0) is 31.9 Å². The molecule has 1 aliphatic carbocycles. The van der Waals surface area contributed by atoms with E-state index in [-0.39, 0.29) is 5.56 Å². The smallest absolute Gasteiger partial charge is 0.262 e. The Morgan fingerprint density at radius 3 is 2.86 bits per heavy atom. The number of aromatic nitrogens is 3. The van der Waals surface area contributed by atoms with Crippen molar-refractivity contribution >= 4 is 34.0 Å². The third-order valence-electron chi connectivity index (χ3n) is 3.70. The molecule has 1 fully saturated rings. The molecule has 2 aromatic heterocycles. The van der Waals surface area contributed by atoms with Gasteiger partial charge in [-0.15, -0.1) is 11.3 Å². The van der Waals surface area contributed by atoms with Crippen LogP contribution in [0.5, 0.6) is 0 Å². The molecule has 0 saturated heterocycles. The van der Waals surface area contributed by atoms with Crippen molar-refractivity contribution in [3.8, 4) is 0 Å². The van der Waals surface area contributed by atoms with E-state index >= 15 is 0 Å². The van der Waals surface area contributed by atoms with Crippen LogP contribution in [0.1, 0.15) is 29.6 Å². The first kappa shape index (κ1) is 14.0. The summed E-state index contributed by atoms with van der Waals surface area (Å²) in [7, 11) is 0. The summed E-state index contributed by atoms with van der Waals surface area (Å²) in [6.07, 6.45) is 2.15. The summed E-state index contributed by atoms with van der Waals surface area (Å²) in [6.45, 7) is 2.01. The van der Waals surface area contributed by atoms with E-state index in [1.165, 1.54) is 0 Å². The number of nitrogens with zero attached hydrogens (tertiary/aromatic N) is 3. The lowest BCUT2D eigenvalue weighted by Gasteiger charge is -2.11. The first-order valence-corrected chi connectivity index (χ1v) is 9.14. The summed E-state index contributed by atoms with van der Waals surface area (Å²) in [5.41, 5.74) is 1.92. The number of hydrogen-bond acceptors (Lipinski definition) is 5. The second kappa shape index (κ2) is 5.52. The Hall–Kier alpha value is -1.66. The lowest BCUT2D eigenvalue weighted by molar-refractivity contribution is 0.618. The van der Waals surface area contributed by atoms with Crippen LogP contribution in [-0.2, 0) is 5.75 Å². The Balaban J connectivity index is 1.75. The van der Waals surface area contributed by atoms with E-state index < -0.39 is 0 Å². The fraction of sp³-hybridized carbons (Fsp3) is 0.312. The van der Waals surface area contributed by atoms with Crippen molar-refractivity contribution in [2.75, 3.05) is 0 Å². The predicted molar refractivity (Wildman–Crippen MR) is 90.7 cm³/mol. The number of rotatable bonds is 4. The van der Waals surface area contributed by atoms with Gasteiger partial charge in [0, 0.05) is 17.2 Å². The van der Waals surface area contributed by atoms with Gasteiger partial charge in [-0.25, -0.2) is 9.97 Å². The fourth-order valence-electron chi connectivity index (χ4n) is 2.50. The van der Waals surface area contributed by atoms with Crippen LogP contribution in [0.25, 0.3) is 10.9 Å². The van der Waals surface area contributed by atoms with Crippen LogP contribution in [0.2, 0.25) is 0 Å². The molecule has 6 heteroatoms. The van der Waals surface area contributed by atoms with Crippen LogP contribution in [0.4, 0.5) is 0 Å². The normalized spacial score (nSPS) is 14.6. The number of thioether (sulfide) groups is 1. The average molecular weight is 329 g/mol. The Labute approximate surface area is 136 Å². The zero-order chi connectivity index (χ0) is 15.1. The third kappa shape index (κ3) is 2.57. The topological polar surface area (TPSA) is 47.8 Å². The van der Waals surface area contributed by atoms with Crippen molar-refractivity contribution in [3.63, 3.8) is 0 Å². The van der Waals surface area contributed by atoms with Gasteiger partial charge in [0.25, 0.3) is 5.56 Å². The van der Waals surface area contributed by atoms with Gasteiger partial charge in [-0.3, -0.25) is 9.36 Å². The molecular formula is C16H15N3OS2. The SMILES string of the molecule is Cc1nc(CSc2nc3ccccc3c(=O)n2C2CC2)cs1. The summed E-state index contributed by atoms with van der Waals surface area (Å²) in [5, 5.41) is 4.67. The van der Waals surface area contributed by atoms with Crippen molar-refractivity contribution in [3.05, 3.63) is 50.7 Å². The minimum Gasteiger partial charge on any atom is -0.284 e. The minimum atomic E-state index is 0.0880. The van der Waals surface area contributed by atoms with E-state index in [0.29, 0.717) is 11.4 Å². The van der Waals surface area contributed by atoms with Crippen LogP contribution < -0.4 is 5.56 Å². The second-order valence-corrected chi connectivity index (χ2v) is 7.47. The molecule has 1 saturated carbocycles. The number of thiazole rings is 1. The molecule has 22 heavy (non-hydrogen) atoms. The molecule has 112 valence electrons. The van der Waals surface area contributed by atoms with Crippen molar-refractivity contribution < 1.29 is 0 Å². The predicted octanol–water partition coefficient (Wildman–Crippen LogP) is 3.79. The van der Waals surface area contributed by atoms with Gasteiger partial charge in [-0.2, -0.15) is 0 Å². The molecule has 0 unspecified atom stereocenters. The van der Waals surface area contributed by atoms with Crippen LogP contribution in [0.3, 0.4) is 0 Å². The van der Waals surface area contributed by atoms with E-state index in [2.05, 4.69) is 10.4 Å². The van der Waals surface area contributed by atoms with Gasteiger partial charge < -0.3 is 0 Å². The number of hydrogen-bond donors (Lipinski definition) is 0. The van der Waals surface area contributed by atoms with Gasteiger partial charge in [0.1, 0.15) is 0 Å². The van der Waals surface area contributed by atoms with Crippen LogP contribution in [-0.4, -0.2) is 14.5 Å². The molecule has 0 atom stereocenters. The molecule has 0 bridgehead atoms. The highest BCUT2D eigenvalue weighted by Gasteiger charge is 2.28. The lowest BCUT2D eigenvalue weighted by atomic mass is 10.2. The number of fused-ring (bicyclic) bond motifs is 1. The molecule has 4 rings (SSSR count). The van der Waals surface area contributed by atoms with E-state index in [0.717, 1.165) is 40.0 Å². The van der Waals surface area contributed by atoms with E-state index in [9.17, 15) is 4.79 Å². The zero-order valence-electron chi connectivity index (χ0n) is 12.2. The van der Waals surface area contributed by atoms with Crippen molar-refractivity contribution in [2.45, 2.75) is 36.7 Å². The van der Waals surface area contributed by atoms with Gasteiger partial charge in [0.05, 0.1) is 21.6 Å². The average Bonchev–Trinajstić information content (AvgIpc) is 3.27. The highest BCUT2D eigenvalue weighted by molar-refractivity contribution is 7.98. The molecule has 0 radical (unpaired) electrons. The second-order valence-electron chi connectivity index (χ2n) is 5.46. The zero-order valence-corrected chi connectivity index (χ0v) is 13.8. The molecule has 1 aromatic carbocycles. The van der Waals surface area contributed by atoms with Crippen LogP contribution in [0.15, 0.2) is 39.6 Å². The monoisotopic (exact) mass is 329 g/mol. The third-order valence-corrected chi connectivity index (χ3v) is 5.51. The van der Waals surface area contributed by atoms with E-state index in [1.54, 1.807) is 23.1 Å². The summed E-state index contributed by atoms with van der Waals surface area (Å²) in [4.78, 5) is 21.9. The van der Waals surface area contributed by atoms with Crippen molar-refractivity contribution in [1.82, 2.24) is 14.5 Å². The highest BCUT2D eigenvalue weighted by atomic mass is 32.2. The van der Waals surface area contributed by atoms with Gasteiger partial charge >= 0.3 is 0 Å². The Bertz CT molecular complexity index is 896. The Morgan fingerprint density at radius 2 is 2.14 bits per heavy atom. The maximum Gasteiger partial charge on any atom is 0.262 e. The molecule has 4 nitrogen and oxygen atoms in total. The standard InChI is InChI=1S/C16H15N3OS2/c1-10-17-11(8-21-10)9-22-16-18-14-5-3-2-4-13(14)15(20)19(16)12-6-7-12/h2-5,8,12H,6-7,9H2,1H3.